The third kappa shape index (κ3) is 1.39. The molecule has 0 heterocycles. The van der Waals surface area contributed by atoms with E-state index in [9.17, 15) is 4.79 Å². The summed E-state index contributed by atoms with van der Waals surface area (Å²) in [6.07, 6.45) is 2.08. The van der Waals surface area contributed by atoms with E-state index in [1.807, 2.05) is 0 Å². The second-order valence-electron chi connectivity index (χ2n) is 3.90. The lowest BCUT2D eigenvalue weighted by molar-refractivity contribution is -0.118. The normalized spacial score (nSPS) is 20.0. The second kappa shape index (κ2) is 2.99. The van der Waals surface area contributed by atoms with Gasteiger partial charge in [-0.2, -0.15) is 0 Å². The fourth-order valence-corrected chi connectivity index (χ4v) is 2.17. The molecule has 1 aromatic carbocycles. The Morgan fingerprint density at radius 3 is 2.92 bits per heavy atom. The predicted molar refractivity (Wildman–Crippen MR) is 52.9 cm³/mol. The summed E-state index contributed by atoms with van der Waals surface area (Å²) >= 11 is 0. The van der Waals surface area contributed by atoms with Crippen LogP contribution in [0.1, 0.15) is 36.0 Å². The number of Topliss-reactive ketones (excluding diaryl/α,β-unsaturated/α-hetero) is 1. The molecule has 0 spiro atoms. The highest BCUT2D eigenvalue weighted by molar-refractivity contribution is 5.84. The summed E-state index contributed by atoms with van der Waals surface area (Å²) in [4.78, 5) is 11.3. The fraction of sp³-hybridized carbons (Fsp3) is 0.417. The van der Waals surface area contributed by atoms with E-state index in [-0.39, 0.29) is 5.92 Å². The molecule has 2 rings (SSSR count). The maximum atomic E-state index is 11.3. The molecule has 0 radical (unpaired) electrons. The van der Waals surface area contributed by atoms with Crippen LogP contribution in [-0.2, 0) is 11.2 Å². The number of fused-ring (bicyclic) bond motifs is 1. The molecule has 0 fully saturated rings. The van der Waals surface area contributed by atoms with Crippen molar-refractivity contribution < 1.29 is 4.79 Å². The number of benzene rings is 1. The Kier molecular flexibility index (Phi) is 1.95. The number of aryl methyl sites for hydroxylation is 2. The third-order valence-corrected chi connectivity index (χ3v) is 2.87. The number of ketones is 1. The molecule has 1 heteroatoms. The monoisotopic (exact) mass is 174 g/mol. The molecular weight excluding hydrogens is 160 g/mol. The topological polar surface area (TPSA) is 17.1 Å². The minimum atomic E-state index is 0.176. The molecule has 1 aliphatic rings. The van der Waals surface area contributed by atoms with Gasteiger partial charge in [0.05, 0.1) is 0 Å². The zero-order chi connectivity index (χ0) is 9.42. The molecule has 0 aromatic heterocycles. The Balaban J connectivity index is 2.44. The summed E-state index contributed by atoms with van der Waals surface area (Å²) < 4.78 is 0. The highest BCUT2D eigenvalue weighted by atomic mass is 16.1. The first-order valence-electron chi connectivity index (χ1n) is 4.78. The standard InChI is InChI=1S/C12H14O/c1-8-3-5-12-10(7-8)4-6-11(12)9(2)13/h3,5,7,11H,4,6H2,1-2H3. The van der Waals surface area contributed by atoms with E-state index in [1.165, 1.54) is 16.7 Å². The van der Waals surface area contributed by atoms with Gasteiger partial charge in [-0.25, -0.2) is 0 Å². The van der Waals surface area contributed by atoms with Crippen LogP contribution in [0.25, 0.3) is 0 Å². The Bertz CT molecular complexity index is 352. The van der Waals surface area contributed by atoms with Crippen molar-refractivity contribution in [2.24, 2.45) is 0 Å². The van der Waals surface area contributed by atoms with Crippen LogP contribution in [0, 0.1) is 6.92 Å². The molecule has 1 unspecified atom stereocenters. The SMILES string of the molecule is CC(=O)C1CCc2cc(C)ccc21. The largest absolute Gasteiger partial charge is 0.299 e. The Hall–Kier alpha value is -1.11. The molecule has 1 aliphatic carbocycles. The molecule has 0 bridgehead atoms. The molecule has 0 amide bonds. The van der Waals surface area contributed by atoms with Gasteiger partial charge in [-0.05, 0) is 37.8 Å². The van der Waals surface area contributed by atoms with Gasteiger partial charge in [0.25, 0.3) is 0 Å². The van der Waals surface area contributed by atoms with Crippen LogP contribution >= 0.6 is 0 Å². The van der Waals surface area contributed by atoms with Crippen molar-refractivity contribution in [3.8, 4) is 0 Å². The lowest BCUT2D eigenvalue weighted by Gasteiger charge is -2.06. The summed E-state index contributed by atoms with van der Waals surface area (Å²) in [6.45, 7) is 3.79. The van der Waals surface area contributed by atoms with E-state index < -0.39 is 0 Å². The summed E-state index contributed by atoms with van der Waals surface area (Å²) in [5, 5.41) is 0. The molecular formula is C12H14O. The van der Waals surface area contributed by atoms with Crippen molar-refractivity contribution in [3.05, 3.63) is 34.9 Å². The van der Waals surface area contributed by atoms with Gasteiger partial charge in [0.1, 0.15) is 5.78 Å². The van der Waals surface area contributed by atoms with E-state index in [4.69, 9.17) is 0 Å². The van der Waals surface area contributed by atoms with Gasteiger partial charge in [0.15, 0.2) is 0 Å². The van der Waals surface area contributed by atoms with Crippen molar-refractivity contribution in [3.63, 3.8) is 0 Å². The van der Waals surface area contributed by atoms with Gasteiger partial charge in [0, 0.05) is 5.92 Å². The number of hydrogen-bond acceptors (Lipinski definition) is 1. The molecule has 1 aromatic rings. The van der Waals surface area contributed by atoms with E-state index >= 15 is 0 Å². The molecule has 1 nitrogen and oxygen atoms in total. The van der Waals surface area contributed by atoms with Gasteiger partial charge in [-0.3, -0.25) is 4.79 Å². The lowest BCUT2D eigenvalue weighted by Crippen LogP contribution is -2.04. The van der Waals surface area contributed by atoms with Gasteiger partial charge in [-0.1, -0.05) is 23.8 Å². The van der Waals surface area contributed by atoms with Crippen LogP contribution < -0.4 is 0 Å². The molecule has 0 N–H and O–H groups in total. The summed E-state index contributed by atoms with van der Waals surface area (Å²) in [7, 11) is 0. The summed E-state index contributed by atoms with van der Waals surface area (Å²) in [6, 6.07) is 6.42. The highest BCUT2D eigenvalue weighted by Gasteiger charge is 2.25. The van der Waals surface area contributed by atoms with Crippen LogP contribution in [0.3, 0.4) is 0 Å². The van der Waals surface area contributed by atoms with Gasteiger partial charge in [0.2, 0.25) is 0 Å². The van der Waals surface area contributed by atoms with E-state index in [2.05, 4.69) is 25.1 Å². The maximum Gasteiger partial charge on any atom is 0.137 e. The number of carbonyl (C=O) groups excluding carboxylic acids is 1. The molecule has 1 atom stereocenters. The van der Waals surface area contributed by atoms with Crippen LogP contribution in [-0.4, -0.2) is 5.78 Å². The maximum absolute atomic E-state index is 11.3. The summed E-state index contributed by atoms with van der Waals surface area (Å²) in [5.41, 5.74) is 3.93. The zero-order valence-corrected chi connectivity index (χ0v) is 8.13. The van der Waals surface area contributed by atoms with E-state index in [1.54, 1.807) is 6.92 Å². The first-order valence-corrected chi connectivity index (χ1v) is 4.78. The fourth-order valence-electron chi connectivity index (χ4n) is 2.17. The smallest absolute Gasteiger partial charge is 0.137 e. The Morgan fingerprint density at radius 2 is 2.23 bits per heavy atom. The van der Waals surface area contributed by atoms with Crippen molar-refractivity contribution in [2.75, 3.05) is 0 Å². The minimum Gasteiger partial charge on any atom is -0.299 e. The van der Waals surface area contributed by atoms with Crippen molar-refractivity contribution >= 4 is 5.78 Å². The van der Waals surface area contributed by atoms with Crippen LogP contribution in [0.4, 0.5) is 0 Å². The average molecular weight is 174 g/mol. The molecule has 68 valence electrons. The Labute approximate surface area is 78.8 Å². The van der Waals surface area contributed by atoms with Crippen LogP contribution in [0.2, 0.25) is 0 Å². The van der Waals surface area contributed by atoms with E-state index in [0.29, 0.717) is 5.78 Å². The van der Waals surface area contributed by atoms with Gasteiger partial charge in [-0.15, -0.1) is 0 Å². The Morgan fingerprint density at radius 1 is 1.46 bits per heavy atom. The molecule has 0 aliphatic heterocycles. The van der Waals surface area contributed by atoms with Crippen molar-refractivity contribution in [2.45, 2.75) is 32.6 Å². The van der Waals surface area contributed by atoms with Crippen LogP contribution in [0.15, 0.2) is 18.2 Å². The summed E-state index contributed by atoms with van der Waals surface area (Å²) in [5.74, 6) is 0.484. The van der Waals surface area contributed by atoms with Crippen molar-refractivity contribution in [1.29, 1.82) is 0 Å². The first kappa shape index (κ1) is 8.49. The number of carbonyl (C=O) groups is 1. The molecule has 0 saturated heterocycles. The van der Waals surface area contributed by atoms with E-state index in [0.717, 1.165) is 12.8 Å². The minimum absolute atomic E-state index is 0.176. The molecule has 0 saturated carbocycles. The lowest BCUT2D eigenvalue weighted by atomic mass is 9.97. The van der Waals surface area contributed by atoms with Gasteiger partial charge >= 0.3 is 0 Å². The third-order valence-electron chi connectivity index (χ3n) is 2.87. The molecule has 13 heavy (non-hydrogen) atoms. The highest BCUT2D eigenvalue weighted by Crippen LogP contribution is 2.33. The van der Waals surface area contributed by atoms with Gasteiger partial charge < -0.3 is 0 Å². The first-order chi connectivity index (χ1) is 6.18. The van der Waals surface area contributed by atoms with Crippen molar-refractivity contribution in [1.82, 2.24) is 0 Å². The zero-order valence-electron chi connectivity index (χ0n) is 8.13. The second-order valence-corrected chi connectivity index (χ2v) is 3.90. The quantitative estimate of drug-likeness (QED) is 0.639. The predicted octanol–water partition coefficient (Wildman–Crippen LogP) is 2.61. The number of rotatable bonds is 1. The number of hydrogen-bond donors (Lipinski definition) is 0. The average Bonchev–Trinajstić information content (AvgIpc) is 2.46. The van der Waals surface area contributed by atoms with Crippen LogP contribution in [0.5, 0.6) is 0 Å².